The van der Waals surface area contributed by atoms with Gasteiger partial charge in [-0.15, -0.1) is 5.10 Å². The first-order chi connectivity index (χ1) is 12.3. The average molecular weight is 366 g/mol. The molecule has 1 aliphatic rings. The number of aromatic nitrogens is 2. The molecule has 0 unspecified atom stereocenters. The lowest BCUT2D eigenvalue weighted by Crippen LogP contribution is -2.47. The standard InChI is InChI=1S/C18H30N4O4/c1-18(2,3)26-17(24)22-8-6-14(7-9-22)21(4)16-12-15(13-19-20-16)25-11-5-10-23/h12-14,23H,5-11H2,1-4H3. The van der Waals surface area contributed by atoms with Crippen molar-refractivity contribution in [3.63, 3.8) is 0 Å². The molecule has 1 aromatic heterocycles. The average Bonchev–Trinajstić information content (AvgIpc) is 2.60. The summed E-state index contributed by atoms with van der Waals surface area (Å²) in [5.74, 6) is 1.38. The van der Waals surface area contributed by atoms with Crippen molar-refractivity contribution in [1.29, 1.82) is 0 Å². The normalized spacial score (nSPS) is 15.7. The minimum absolute atomic E-state index is 0.0987. The van der Waals surface area contributed by atoms with Crippen LogP contribution < -0.4 is 9.64 Å². The third-order valence-electron chi connectivity index (χ3n) is 4.21. The van der Waals surface area contributed by atoms with E-state index in [1.807, 2.05) is 33.9 Å². The molecule has 0 aromatic carbocycles. The fourth-order valence-corrected chi connectivity index (χ4v) is 2.79. The fourth-order valence-electron chi connectivity index (χ4n) is 2.79. The molecule has 0 bridgehead atoms. The minimum atomic E-state index is -0.475. The Bertz CT molecular complexity index is 583. The van der Waals surface area contributed by atoms with Crippen molar-refractivity contribution in [3.8, 4) is 5.75 Å². The Labute approximate surface area is 155 Å². The van der Waals surface area contributed by atoms with Crippen molar-refractivity contribution in [2.24, 2.45) is 0 Å². The minimum Gasteiger partial charge on any atom is -0.492 e. The second-order valence-electron chi connectivity index (χ2n) is 7.48. The van der Waals surface area contributed by atoms with Gasteiger partial charge in [0, 0.05) is 45.3 Å². The topological polar surface area (TPSA) is 88.0 Å². The van der Waals surface area contributed by atoms with Crippen molar-refractivity contribution < 1.29 is 19.4 Å². The highest BCUT2D eigenvalue weighted by Gasteiger charge is 2.29. The zero-order chi connectivity index (χ0) is 19.2. The number of likely N-dealkylation sites (tertiary alicyclic amines) is 1. The second kappa shape index (κ2) is 9.02. The van der Waals surface area contributed by atoms with Crippen LogP contribution >= 0.6 is 0 Å². The van der Waals surface area contributed by atoms with Crippen LogP contribution in [-0.2, 0) is 4.74 Å². The van der Waals surface area contributed by atoms with E-state index in [4.69, 9.17) is 14.6 Å². The molecular weight excluding hydrogens is 336 g/mol. The third kappa shape index (κ3) is 6.01. The van der Waals surface area contributed by atoms with Crippen LogP contribution in [0.4, 0.5) is 10.6 Å². The molecule has 2 rings (SSSR count). The van der Waals surface area contributed by atoms with E-state index < -0.39 is 5.60 Å². The van der Waals surface area contributed by atoms with Gasteiger partial charge in [-0.25, -0.2) is 4.79 Å². The molecule has 2 heterocycles. The van der Waals surface area contributed by atoms with Crippen LogP contribution in [0.15, 0.2) is 12.3 Å². The summed E-state index contributed by atoms with van der Waals surface area (Å²) in [6.45, 7) is 7.48. The summed E-state index contributed by atoms with van der Waals surface area (Å²) in [6.07, 6.45) is 3.58. The SMILES string of the molecule is CN(c1cc(OCCCO)cnn1)C1CCN(C(=O)OC(C)(C)C)CC1. The number of hydrogen-bond donors (Lipinski definition) is 1. The van der Waals surface area contributed by atoms with Gasteiger partial charge in [-0.1, -0.05) is 0 Å². The van der Waals surface area contributed by atoms with Crippen LogP contribution in [0.5, 0.6) is 5.75 Å². The first-order valence-electron chi connectivity index (χ1n) is 9.07. The molecule has 8 nitrogen and oxygen atoms in total. The van der Waals surface area contributed by atoms with Gasteiger partial charge in [0.25, 0.3) is 0 Å². The molecular formula is C18H30N4O4. The molecule has 1 N–H and O–H groups in total. The number of amides is 1. The quantitative estimate of drug-likeness (QED) is 0.771. The predicted molar refractivity (Wildman–Crippen MR) is 98.5 cm³/mol. The Hall–Kier alpha value is -2.09. The smallest absolute Gasteiger partial charge is 0.410 e. The zero-order valence-corrected chi connectivity index (χ0v) is 16.1. The first-order valence-corrected chi connectivity index (χ1v) is 9.07. The van der Waals surface area contributed by atoms with Gasteiger partial charge in [0.2, 0.25) is 0 Å². The first kappa shape index (κ1) is 20.2. The van der Waals surface area contributed by atoms with E-state index in [1.54, 1.807) is 11.1 Å². The number of carbonyl (C=O) groups is 1. The van der Waals surface area contributed by atoms with Gasteiger partial charge in [0.15, 0.2) is 5.82 Å². The van der Waals surface area contributed by atoms with E-state index in [0.717, 1.165) is 18.7 Å². The van der Waals surface area contributed by atoms with Gasteiger partial charge in [-0.3, -0.25) is 0 Å². The second-order valence-corrected chi connectivity index (χ2v) is 7.48. The lowest BCUT2D eigenvalue weighted by molar-refractivity contribution is 0.0205. The molecule has 0 radical (unpaired) electrons. The highest BCUT2D eigenvalue weighted by molar-refractivity contribution is 5.68. The molecule has 1 fully saturated rings. The van der Waals surface area contributed by atoms with Gasteiger partial charge >= 0.3 is 6.09 Å². The number of carbonyl (C=O) groups excluding carboxylic acids is 1. The Morgan fingerprint density at radius 2 is 2.08 bits per heavy atom. The number of aliphatic hydroxyl groups is 1. The van der Waals surface area contributed by atoms with Crippen LogP contribution in [-0.4, -0.2) is 71.3 Å². The summed E-state index contributed by atoms with van der Waals surface area (Å²) in [6, 6.07) is 2.13. The van der Waals surface area contributed by atoms with Gasteiger partial charge in [-0.05, 0) is 33.6 Å². The van der Waals surface area contributed by atoms with E-state index in [9.17, 15) is 4.79 Å². The van der Waals surface area contributed by atoms with Crippen LogP contribution in [0.25, 0.3) is 0 Å². The lowest BCUT2D eigenvalue weighted by atomic mass is 10.0. The number of piperidine rings is 1. The number of aliphatic hydroxyl groups excluding tert-OH is 1. The van der Waals surface area contributed by atoms with Gasteiger partial charge in [0.05, 0.1) is 12.8 Å². The number of hydrogen-bond acceptors (Lipinski definition) is 7. The highest BCUT2D eigenvalue weighted by Crippen LogP contribution is 2.23. The highest BCUT2D eigenvalue weighted by atomic mass is 16.6. The molecule has 26 heavy (non-hydrogen) atoms. The van der Waals surface area contributed by atoms with Gasteiger partial charge in [0.1, 0.15) is 11.4 Å². The molecule has 1 aromatic rings. The number of anilines is 1. The molecule has 146 valence electrons. The number of nitrogens with zero attached hydrogens (tertiary/aromatic N) is 4. The summed E-state index contributed by atoms with van der Waals surface area (Å²) in [5, 5.41) is 17.0. The Balaban J connectivity index is 1.89. The Morgan fingerprint density at radius 1 is 1.38 bits per heavy atom. The predicted octanol–water partition coefficient (Wildman–Crippen LogP) is 2.07. The van der Waals surface area contributed by atoms with Crippen molar-refractivity contribution >= 4 is 11.9 Å². The number of ether oxygens (including phenoxy) is 2. The van der Waals surface area contributed by atoms with Crippen LogP contribution in [0.3, 0.4) is 0 Å². The van der Waals surface area contributed by atoms with E-state index in [0.29, 0.717) is 31.9 Å². The fraction of sp³-hybridized carbons (Fsp3) is 0.722. The molecule has 0 saturated carbocycles. The van der Waals surface area contributed by atoms with Crippen LogP contribution in [0.1, 0.15) is 40.0 Å². The van der Waals surface area contributed by atoms with Gasteiger partial charge < -0.3 is 24.4 Å². The summed E-state index contributed by atoms with van der Waals surface area (Å²) >= 11 is 0. The molecule has 1 aliphatic heterocycles. The molecule has 8 heteroatoms. The van der Waals surface area contributed by atoms with E-state index >= 15 is 0 Å². The summed E-state index contributed by atoms with van der Waals surface area (Å²) in [5.41, 5.74) is -0.475. The van der Waals surface area contributed by atoms with E-state index in [2.05, 4.69) is 15.1 Å². The van der Waals surface area contributed by atoms with E-state index in [-0.39, 0.29) is 18.7 Å². The number of rotatable bonds is 6. The molecule has 0 aliphatic carbocycles. The van der Waals surface area contributed by atoms with Crippen molar-refractivity contribution in [2.45, 2.75) is 51.7 Å². The Morgan fingerprint density at radius 3 is 2.69 bits per heavy atom. The van der Waals surface area contributed by atoms with Crippen molar-refractivity contribution in [3.05, 3.63) is 12.3 Å². The summed E-state index contributed by atoms with van der Waals surface area (Å²) < 4.78 is 11.0. The maximum absolute atomic E-state index is 12.2. The summed E-state index contributed by atoms with van der Waals surface area (Å²) in [7, 11) is 1.98. The van der Waals surface area contributed by atoms with E-state index in [1.165, 1.54) is 0 Å². The molecule has 1 saturated heterocycles. The summed E-state index contributed by atoms with van der Waals surface area (Å²) in [4.78, 5) is 16.0. The molecule has 1 amide bonds. The third-order valence-corrected chi connectivity index (χ3v) is 4.21. The maximum atomic E-state index is 12.2. The molecule has 0 atom stereocenters. The lowest BCUT2D eigenvalue weighted by Gasteiger charge is -2.37. The van der Waals surface area contributed by atoms with Crippen LogP contribution in [0.2, 0.25) is 0 Å². The van der Waals surface area contributed by atoms with Crippen LogP contribution in [0, 0.1) is 0 Å². The Kier molecular flexibility index (Phi) is 7.02. The maximum Gasteiger partial charge on any atom is 0.410 e. The molecule has 0 spiro atoms. The monoisotopic (exact) mass is 366 g/mol. The van der Waals surface area contributed by atoms with Crippen molar-refractivity contribution in [1.82, 2.24) is 15.1 Å². The largest absolute Gasteiger partial charge is 0.492 e. The zero-order valence-electron chi connectivity index (χ0n) is 16.1. The van der Waals surface area contributed by atoms with Crippen molar-refractivity contribution in [2.75, 3.05) is 38.3 Å². The van der Waals surface area contributed by atoms with Gasteiger partial charge in [-0.2, -0.15) is 5.10 Å².